The summed E-state index contributed by atoms with van der Waals surface area (Å²) in [5.74, 6) is -0.225. The number of carboxylic acid groups (broad SMARTS) is 1. The van der Waals surface area contributed by atoms with Gasteiger partial charge in [-0.15, -0.1) is 11.3 Å². The fourth-order valence-corrected chi connectivity index (χ4v) is 5.61. The van der Waals surface area contributed by atoms with Gasteiger partial charge in [0.25, 0.3) is 0 Å². The van der Waals surface area contributed by atoms with E-state index in [1.54, 1.807) is 11.3 Å². The highest BCUT2D eigenvalue weighted by Gasteiger charge is 2.33. The standard InChI is InChI=1S/C26H26N2O4S/c1-13-12-17-24(33-13)21(19(14(2)28-17)23(25(29)30)32-26(3,4)5)16-6-7-18-20-15(9-11-31-18)8-10-27-22(16)20/h6-8,10,12,23H,9,11H2,1-5H3,(H,29,30)/t23-/m0/s1. The van der Waals surface area contributed by atoms with E-state index in [-0.39, 0.29) is 0 Å². The molecule has 1 aliphatic rings. The summed E-state index contributed by atoms with van der Waals surface area (Å²) in [5, 5.41) is 11.2. The molecule has 4 heterocycles. The van der Waals surface area contributed by atoms with E-state index in [2.05, 4.69) is 0 Å². The second-order valence-corrected chi connectivity index (χ2v) is 10.7. The number of hydrogen-bond acceptors (Lipinski definition) is 6. The van der Waals surface area contributed by atoms with Crippen molar-refractivity contribution >= 4 is 38.4 Å². The molecule has 0 unspecified atom stereocenters. The van der Waals surface area contributed by atoms with E-state index in [0.717, 1.165) is 49.3 Å². The Hall–Kier alpha value is -3.03. The Morgan fingerprint density at radius 2 is 2.03 bits per heavy atom. The Kier molecular flexibility index (Phi) is 5.14. The van der Waals surface area contributed by atoms with Gasteiger partial charge in [0.05, 0.1) is 27.9 Å². The number of benzene rings is 1. The molecule has 0 saturated carbocycles. The van der Waals surface area contributed by atoms with Gasteiger partial charge >= 0.3 is 5.97 Å². The predicted molar refractivity (Wildman–Crippen MR) is 130 cm³/mol. The van der Waals surface area contributed by atoms with Crippen molar-refractivity contribution in [1.29, 1.82) is 0 Å². The Balaban J connectivity index is 1.90. The lowest BCUT2D eigenvalue weighted by molar-refractivity contribution is -0.160. The molecule has 0 aliphatic carbocycles. The number of ether oxygens (including phenoxy) is 2. The Morgan fingerprint density at radius 1 is 1.24 bits per heavy atom. The third-order valence-electron chi connectivity index (χ3n) is 5.81. The van der Waals surface area contributed by atoms with Gasteiger partial charge in [-0.25, -0.2) is 4.79 Å². The topological polar surface area (TPSA) is 81.5 Å². The zero-order valence-corrected chi connectivity index (χ0v) is 20.2. The molecule has 0 amide bonds. The lowest BCUT2D eigenvalue weighted by Gasteiger charge is -2.28. The lowest BCUT2D eigenvalue weighted by atomic mass is 9.91. The number of carboxylic acids is 1. The number of aromatic nitrogens is 2. The molecule has 1 aromatic carbocycles. The average molecular weight is 463 g/mol. The summed E-state index contributed by atoms with van der Waals surface area (Å²) in [7, 11) is 0. The number of rotatable bonds is 4. The maximum absolute atomic E-state index is 12.5. The Morgan fingerprint density at radius 3 is 2.76 bits per heavy atom. The van der Waals surface area contributed by atoms with Crippen LogP contribution in [-0.4, -0.2) is 33.3 Å². The number of nitrogens with zero attached hydrogens (tertiary/aromatic N) is 2. The van der Waals surface area contributed by atoms with Crippen molar-refractivity contribution in [3.63, 3.8) is 0 Å². The summed E-state index contributed by atoms with van der Waals surface area (Å²) < 4.78 is 13.0. The third kappa shape index (κ3) is 3.75. The molecule has 0 fully saturated rings. The van der Waals surface area contributed by atoms with Crippen molar-refractivity contribution in [1.82, 2.24) is 9.97 Å². The summed E-state index contributed by atoms with van der Waals surface area (Å²) in [6.45, 7) is 10.1. The summed E-state index contributed by atoms with van der Waals surface area (Å²) >= 11 is 1.61. The molecule has 1 aliphatic heterocycles. The monoisotopic (exact) mass is 462 g/mol. The predicted octanol–water partition coefficient (Wildman–Crippen LogP) is 6.00. The van der Waals surface area contributed by atoms with E-state index >= 15 is 0 Å². The summed E-state index contributed by atoms with van der Waals surface area (Å²) in [6, 6.07) is 8.03. The largest absolute Gasteiger partial charge is 0.493 e. The van der Waals surface area contributed by atoms with Crippen LogP contribution in [0.3, 0.4) is 0 Å². The van der Waals surface area contributed by atoms with Crippen LogP contribution < -0.4 is 4.74 Å². The number of carbonyl (C=O) groups is 1. The minimum atomic E-state index is -1.17. The van der Waals surface area contributed by atoms with Gasteiger partial charge in [0.2, 0.25) is 0 Å². The molecule has 170 valence electrons. The van der Waals surface area contributed by atoms with E-state index in [4.69, 9.17) is 19.4 Å². The number of aryl methyl sites for hydroxylation is 2. The van der Waals surface area contributed by atoms with Gasteiger partial charge < -0.3 is 14.6 Å². The minimum absolute atomic E-state index is 0.575. The van der Waals surface area contributed by atoms with Gasteiger partial charge in [0.15, 0.2) is 6.10 Å². The van der Waals surface area contributed by atoms with Crippen LogP contribution in [0.1, 0.15) is 48.6 Å². The average Bonchev–Trinajstić information content (AvgIpc) is 3.11. The van der Waals surface area contributed by atoms with Crippen LogP contribution in [0.4, 0.5) is 0 Å². The summed E-state index contributed by atoms with van der Waals surface area (Å²) in [6.07, 6.45) is 1.47. The summed E-state index contributed by atoms with van der Waals surface area (Å²) in [4.78, 5) is 23.1. The highest BCUT2D eigenvalue weighted by Crippen LogP contribution is 2.46. The Bertz CT molecular complexity index is 1410. The van der Waals surface area contributed by atoms with Crippen LogP contribution in [0.5, 0.6) is 5.75 Å². The molecular weight excluding hydrogens is 436 g/mol. The number of fused-ring (bicyclic) bond motifs is 1. The van der Waals surface area contributed by atoms with Crippen molar-refractivity contribution in [2.45, 2.75) is 52.7 Å². The molecule has 0 spiro atoms. The first-order chi connectivity index (χ1) is 15.6. The number of thiophene rings is 1. The van der Waals surface area contributed by atoms with E-state index in [9.17, 15) is 9.90 Å². The van der Waals surface area contributed by atoms with Crippen LogP contribution in [0, 0.1) is 13.8 Å². The van der Waals surface area contributed by atoms with Gasteiger partial charge in [0, 0.05) is 45.3 Å². The van der Waals surface area contributed by atoms with Gasteiger partial charge in [-0.2, -0.15) is 0 Å². The molecule has 1 atom stereocenters. The second-order valence-electron chi connectivity index (χ2n) is 9.41. The van der Waals surface area contributed by atoms with E-state index < -0.39 is 17.7 Å². The molecule has 0 bridgehead atoms. The van der Waals surface area contributed by atoms with Crippen LogP contribution in [0.2, 0.25) is 0 Å². The molecule has 6 nitrogen and oxygen atoms in total. The van der Waals surface area contributed by atoms with Crippen LogP contribution >= 0.6 is 11.3 Å². The highest BCUT2D eigenvalue weighted by molar-refractivity contribution is 7.19. The van der Waals surface area contributed by atoms with Crippen LogP contribution in [0.15, 0.2) is 30.5 Å². The first-order valence-electron chi connectivity index (χ1n) is 11.0. The molecule has 1 N–H and O–H groups in total. The van der Waals surface area contributed by atoms with E-state index in [1.807, 2.05) is 65.1 Å². The molecule has 7 heteroatoms. The molecule has 5 rings (SSSR count). The van der Waals surface area contributed by atoms with Crippen molar-refractivity contribution in [2.75, 3.05) is 6.61 Å². The van der Waals surface area contributed by atoms with Gasteiger partial charge in [-0.1, -0.05) is 0 Å². The molecular formula is C26H26N2O4S. The van der Waals surface area contributed by atoms with Crippen LogP contribution in [0.25, 0.3) is 32.2 Å². The molecule has 0 saturated heterocycles. The fourth-order valence-electron chi connectivity index (χ4n) is 4.59. The third-order valence-corrected chi connectivity index (χ3v) is 6.86. The molecule has 4 aromatic rings. The fraction of sp³-hybridized carbons (Fsp3) is 0.346. The number of pyridine rings is 2. The number of hydrogen-bond donors (Lipinski definition) is 1. The SMILES string of the molecule is Cc1cc2nc(C)c([C@H](OC(C)(C)C)C(=O)O)c(-c3ccc4c5c(ccnc35)CCO4)c2s1. The minimum Gasteiger partial charge on any atom is -0.493 e. The van der Waals surface area contributed by atoms with Crippen molar-refractivity contribution in [2.24, 2.45) is 0 Å². The van der Waals surface area contributed by atoms with Gasteiger partial charge in [-0.05, 0) is 64.4 Å². The Labute approximate surface area is 196 Å². The normalized spacial score (nSPS) is 14.5. The second kappa shape index (κ2) is 7.78. The zero-order chi connectivity index (χ0) is 23.5. The zero-order valence-electron chi connectivity index (χ0n) is 19.4. The lowest BCUT2D eigenvalue weighted by Crippen LogP contribution is -2.28. The van der Waals surface area contributed by atoms with Crippen molar-refractivity contribution in [3.05, 3.63) is 52.2 Å². The quantitative estimate of drug-likeness (QED) is 0.400. The molecule has 3 aromatic heterocycles. The van der Waals surface area contributed by atoms with Crippen molar-refractivity contribution in [3.8, 4) is 16.9 Å². The smallest absolute Gasteiger partial charge is 0.337 e. The van der Waals surface area contributed by atoms with E-state index in [1.165, 1.54) is 5.56 Å². The maximum Gasteiger partial charge on any atom is 0.337 e. The highest BCUT2D eigenvalue weighted by atomic mass is 32.1. The maximum atomic E-state index is 12.5. The number of aliphatic carboxylic acids is 1. The van der Waals surface area contributed by atoms with Gasteiger partial charge in [-0.3, -0.25) is 9.97 Å². The van der Waals surface area contributed by atoms with Gasteiger partial charge in [0.1, 0.15) is 5.75 Å². The molecule has 33 heavy (non-hydrogen) atoms. The van der Waals surface area contributed by atoms with E-state index in [0.29, 0.717) is 17.9 Å². The van der Waals surface area contributed by atoms with Crippen LogP contribution in [-0.2, 0) is 16.0 Å². The first-order valence-corrected chi connectivity index (χ1v) is 11.8. The summed E-state index contributed by atoms with van der Waals surface area (Å²) in [5.41, 5.74) is 5.11. The van der Waals surface area contributed by atoms with Crippen molar-refractivity contribution < 1.29 is 19.4 Å². The molecule has 0 radical (unpaired) electrons. The first kappa shape index (κ1) is 21.8.